The lowest BCUT2D eigenvalue weighted by Gasteiger charge is -2.41. The zero-order valence-electron chi connectivity index (χ0n) is 18.5. The SMILES string of the molecule is CC(NCc1ccccc1)(NC1CCCCC1OCc1ccccc1)c1ccccc1. The topological polar surface area (TPSA) is 33.3 Å². The van der Waals surface area contributed by atoms with Crippen LogP contribution in [0.4, 0.5) is 0 Å². The van der Waals surface area contributed by atoms with Gasteiger partial charge in [0.2, 0.25) is 0 Å². The van der Waals surface area contributed by atoms with Gasteiger partial charge in [0.05, 0.1) is 18.4 Å². The third-order valence-corrected chi connectivity index (χ3v) is 6.32. The zero-order chi connectivity index (χ0) is 21.4. The van der Waals surface area contributed by atoms with Crippen LogP contribution in [0, 0.1) is 0 Å². The molecule has 0 saturated heterocycles. The number of hydrogen-bond donors (Lipinski definition) is 2. The molecule has 3 heteroatoms. The van der Waals surface area contributed by atoms with Gasteiger partial charge in [-0.1, -0.05) is 104 Å². The molecule has 2 N–H and O–H groups in total. The van der Waals surface area contributed by atoms with Crippen molar-refractivity contribution in [2.75, 3.05) is 0 Å². The Hall–Kier alpha value is -2.46. The van der Waals surface area contributed by atoms with E-state index >= 15 is 0 Å². The molecule has 1 aliphatic carbocycles. The Morgan fingerprint density at radius 3 is 2.03 bits per heavy atom. The molecule has 162 valence electrons. The summed E-state index contributed by atoms with van der Waals surface area (Å²) >= 11 is 0. The molecule has 3 aromatic rings. The molecule has 0 aliphatic heterocycles. The van der Waals surface area contributed by atoms with E-state index in [1.54, 1.807) is 0 Å². The molecule has 1 aliphatic rings. The first-order valence-electron chi connectivity index (χ1n) is 11.5. The van der Waals surface area contributed by atoms with Crippen LogP contribution in [0.15, 0.2) is 91.0 Å². The number of hydrogen-bond acceptors (Lipinski definition) is 3. The summed E-state index contributed by atoms with van der Waals surface area (Å²) in [5, 5.41) is 7.77. The number of benzene rings is 3. The van der Waals surface area contributed by atoms with Crippen LogP contribution in [0.25, 0.3) is 0 Å². The summed E-state index contributed by atoms with van der Waals surface area (Å²) in [6.07, 6.45) is 4.93. The largest absolute Gasteiger partial charge is 0.372 e. The minimum atomic E-state index is -0.340. The van der Waals surface area contributed by atoms with Crippen LogP contribution in [-0.2, 0) is 23.6 Å². The van der Waals surface area contributed by atoms with Gasteiger partial charge in [0.1, 0.15) is 0 Å². The van der Waals surface area contributed by atoms with Crippen LogP contribution in [0.3, 0.4) is 0 Å². The van der Waals surface area contributed by atoms with Gasteiger partial charge in [-0.3, -0.25) is 10.6 Å². The highest BCUT2D eigenvalue weighted by molar-refractivity contribution is 5.24. The lowest BCUT2D eigenvalue weighted by molar-refractivity contribution is -0.0163. The van der Waals surface area contributed by atoms with Crippen molar-refractivity contribution in [3.63, 3.8) is 0 Å². The molecule has 1 fully saturated rings. The summed E-state index contributed by atoms with van der Waals surface area (Å²) < 4.78 is 6.44. The summed E-state index contributed by atoms with van der Waals surface area (Å²) in [5.41, 5.74) is 3.43. The zero-order valence-corrected chi connectivity index (χ0v) is 18.5. The first kappa shape index (κ1) is 21.8. The molecule has 3 atom stereocenters. The summed E-state index contributed by atoms with van der Waals surface area (Å²) in [7, 11) is 0. The van der Waals surface area contributed by atoms with Crippen LogP contribution < -0.4 is 10.6 Å². The fourth-order valence-corrected chi connectivity index (χ4v) is 4.49. The van der Waals surface area contributed by atoms with E-state index in [2.05, 4.69) is 109 Å². The summed E-state index contributed by atoms with van der Waals surface area (Å²) in [6, 6.07) is 32.1. The standard InChI is InChI=1S/C28H34N2O/c1-28(25-17-9-4-10-18-25,29-21-23-13-5-2-6-14-23)30-26-19-11-12-20-27(26)31-22-24-15-7-3-8-16-24/h2-10,13-18,26-27,29-30H,11-12,19-22H2,1H3. The Bertz CT molecular complexity index is 900. The molecule has 4 rings (SSSR count). The third-order valence-electron chi connectivity index (χ3n) is 6.32. The average Bonchev–Trinajstić information content (AvgIpc) is 2.84. The van der Waals surface area contributed by atoms with Gasteiger partial charge in [-0.15, -0.1) is 0 Å². The van der Waals surface area contributed by atoms with E-state index in [0.29, 0.717) is 12.6 Å². The lowest BCUT2D eigenvalue weighted by Crippen LogP contribution is -2.58. The molecule has 3 nitrogen and oxygen atoms in total. The fourth-order valence-electron chi connectivity index (χ4n) is 4.49. The van der Waals surface area contributed by atoms with Crippen molar-refractivity contribution in [2.24, 2.45) is 0 Å². The smallest absolute Gasteiger partial charge is 0.0926 e. The van der Waals surface area contributed by atoms with Gasteiger partial charge in [0.15, 0.2) is 0 Å². The third kappa shape index (κ3) is 6.04. The monoisotopic (exact) mass is 414 g/mol. The predicted molar refractivity (Wildman–Crippen MR) is 127 cm³/mol. The molecule has 0 spiro atoms. The van der Waals surface area contributed by atoms with Crippen molar-refractivity contribution in [1.29, 1.82) is 0 Å². The Labute approximate surface area is 186 Å². The summed E-state index contributed by atoms with van der Waals surface area (Å²) in [4.78, 5) is 0. The predicted octanol–water partition coefficient (Wildman–Crippen LogP) is 5.77. The molecule has 1 saturated carbocycles. The van der Waals surface area contributed by atoms with Gasteiger partial charge in [-0.2, -0.15) is 0 Å². The molecule has 3 unspecified atom stereocenters. The summed E-state index contributed by atoms with van der Waals surface area (Å²) in [6.45, 7) is 3.73. The van der Waals surface area contributed by atoms with Crippen LogP contribution in [0.5, 0.6) is 0 Å². The van der Waals surface area contributed by atoms with Crippen LogP contribution in [0.1, 0.15) is 49.3 Å². The molecule has 31 heavy (non-hydrogen) atoms. The van der Waals surface area contributed by atoms with Gasteiger partial charge in [-0.05, 0) is 36.5 Å². The molecule has 0 aromatic heterocycles. The van der Waals surface area contributed by atoms with E-state index in [9.17, 15) is 0 Å². The second-order valence-corrected chi connectivity index (χ2v) is 8.70. The maximum Gasteiger partial charge on any atom is 0.0926 e. The molecular formula is C28H34N2O. The van der Waals surface area contributed by atoms with E-state index in [4.69, 9.17) is 4.74 Å². The van der Waals surface area contributed by atoms with Gasteiger partial charge in [0, 0.05) is 12.6 Å². The quantitative estimate of drug-likeness (QED) is 0.436. The minimum Gasteiger partial charge on any atom is -0.372 e. The maximum atomic E-state index is 6.44. The van der Waals surface area contributed by atoms with E-state index in [0.717, 1.165) is 19.4 Å². The van der Waals surface area contributed by atoms with Crippen molar-refractivity contribution in [3.05, 3.63) is 108 Å². The lowest BCUT2D eigenvalue weighted by atomic mass is 9.89. The highest BCUT2D eigenvalue weighted by Gasteiger charge is 2.34. The highest BCUT2D eigenvalue weighted by atomic mass is 16.5. The van der Waals surface area contributed by atoms with Gasteiger partial charge < -0.3 is 4.74 Å². The Kier molecular flexibility index (Phi) is 7.52. The summed E-state index contributed by atoms with van der Waals surface area (Å²) in [5.74, 6) is 0. The van der Waals surface area contributed by atoms with Crippen molar-refractivity contribution >= 4 is 0 Å². The molecule has 0 radical (unpaired) electrons. The Morgan fingerprint density at radius 1 is 0.774 bits per heavy atom. The van der Waals surface area contributed by atoms with Crippen LogP contribution in [0.2, 0.25) is 0 Å². The fraction of sp³-hybridized carbons (Fsp3) is 0.357. The second-order valence-electron chi connectivity index (χ2n) is 8.70. The van der Waals surface area contributed by atoms with E-state index < -0.39 is 0 Å². The molecule has 0 amide bonds. The molecular weight excluding hydrogens is 380 g/mol. The second kappa shape index (κ2) is 10.7. The Balaban J connectivity index is 1.48. The van der Waals surface area contributed by atoms with E-state index in [1.165, 1.54) is 29.5 Å². The van der Waals surface area contributed by atoms with Crippen molar-refractivity contribution in [2.45, 2.75) is 63.6 Å². The van der Waals surface area contributed by atoms with Crippen molar-refractivity contribution < 1.29 is 4.74 Å². The average molecular weight is 415 g/mol. The van der Waals surface area contributed by atoms with Crippen LogP contribution in [-0.4, -0.2) is 12.1 Å². The van der Waals surface area contributed by atoms with E-state index in [-0.39, 0.29) is 11.8 Å². The van der Waals surface area contributed by atoms with Crippen molar-refractivity contribution in [1.82, 2.24) is 10.6 Å². The first-order valence-corrected chi connectivity index (χ1v) is 11.5. The first-order chi connectivity index (χ1) is 15.2. The van der Waals surface area contributed by atoms with Crippen LogP contribution >= 0.6 is 0 Å². The molecule has 0 heterocycles. The van der Waals surface area contributed by atoms with Gasteiger partial charge in [-0.25, -0.2) is 0 Å². The van der Waals surface area contributed by atoms with Gasteiger partial charge >= 0.3 is 0 Å². The molecule has 3 aromatic carbocycles. The molecule has 0 bridgehead atoms. The maximum absolute atomic E-state index is 6.44. The van der Waals surface area contributed by atoms with Gasteiger partial charge in [0.25, 0.3) is 0 Å². The highest BCUT2D eigenvalue weighted by Crippen LogP contribution is 2.27. The number of rotatable bonds is 9. The number of ether oxygens (including phenoxy) is 1. The normalized spacial score (nSPS) is 20.8. The number of nitrogens with one attached hydrogen (secondary N) is 2. The Morgan fingerprint density at radius 2 is 1.35 bits per heavy atom. The minimum absolute atomic E-state index is 0.218. The van der Waals surface area contributed by atoms with Crippen molar-refractivity contribution in [3.8, 4) is 0 Å². The van der Waals surface area contributed by atoms with E-state index in [1.807, 2.05) is 0 Å².